The van der Waals surface area contributed by atoms with E-state index in [4.69, 9.17) is 28.4 Å². The van der Waals surface area contributed by atoms with Crippen molar-refractivity contribution in [2.75, 3.05) is 26.4 Å². The third kappa shape index (κ3) is 5.74. The number of alkyl halides is 1. The lowest BCUT2D eigenvalue weighted by Crippen LogP contribution is -2.42. The Morgan fingerprint density at radius 2 is 1.85 bits per heavy atom. The summed E-state index contributed by atoms with van der Waals surface area (Å²) in [7, 11) is 0. The Balaban J connectivity index is 1.59. The molecule has 0 aromatic carbocycles. The molecule has 2 unspecified atom stereocenters. The number of carbonyl (C=O) groups is 1. The van der Waals surface area contributed by atoms with Crippen LogP contribution in [0.2, 0.25) is 0 Å². The molecule has 1 aromatic rings. The number of hydrogen-bond acceptors (Lipinski definition) is 9. The molecule has 190 valence electrons. The normalized spacial score (nSPS) is 31.9. The van der Waals surface area contributed by atoms with Crippen LogP contribution >= 0.6 is 0 Å². The molecule has 6 atom stereocenters. The average molecular weight is 486 g/mol. The van der Waals surface area contributed by atoms with E-state index in [1.165, 1.54) is 0 Å². The molecule has 4 rings (SSSR count). The number of esters is 1. The molecule has 0 radical (unpaired) electrons. The molecule has 0 aliphatic carbocycles. The smallest absolute Gasteiger partial charge is 0.355 e. The second-order valence-corrected chi connectivity index (χ2v) is 8.45. The molecule has 3 fully saturated rings. The largest absolute Gasteiger partial charge is 0.461 e. The van der Waals surface area contributed by atoms with Crippen molar-refractivity contribution in [2.24, 2.45) is 0 Å². The Kier molecular flexibility index (Phi) is 8.48. The van der Waals surface area contributed by atoms with Gasteiger partial charge in [0, 0.05) is 19.3 Å². The van der Waals surface area contributed by atoms with Crippen LogP contribution in [0.5, 0.6) is 0 Å². The van der Waals surface area contributed by atoms with Crippen LogP contribution in [-0.4, -0.2) is 72.9 Å². The summed E-state index contributed by atoms with van der Waals surface area (Å²) in [4.78, 5) is 39.0. The first-order valence-electron chi connectivity index (χ1n) is 11.8. The zero-order valence-corrected chi connectivity index (χ0v) is 19.1. The fourth-order valence-corrected chi connectivity index (χ4v) is 4.36. The molecule has 4 heterocycles. The van der Waals surface area contributed by atoms with Crippen molar-refractivity contribution in [3.63, 3.8) is 0 Å². The lowest BCUT2D eigenvalue weighted by atomic mass is 10.1. The number of aromatic amines is 1. The molecule has 0 spiro atoms. The number of hydrogen-bond donors (Lipinski definition) is 1. The summed E-state index contributed by atoms with van der Waals surface area (Å²) in [5.41, 5.74) is -2.21. The summed E-state index contributed by atoms with van der Waals surface area (Å²) < 4.78 is 50.4. The van der Waals surface area contributed by atoms with Gasteiger partial charge in [0.05, 0.1) is 13.2 Å². The molecule has 3 aliphatic rings. The van der Waals surface area contributed by atoms with Gasteiger partial charge in [0.1, 0.15) is 17.9 Å². The minimum Gasteiger partial charge on any atom is -0.461 e. The molecule has 34 heavy (non-hydrogen) atoms. The molecular formula is C22H31FN2O9. The van der Waals surface area contributed by atoms with Gasteiger partial charge in [-0.15, -0.1) is 0 Å². The van der Waals surface area contributed by atoms with E-state index >= 15 is 4.39 Å². The Morgan fingerprint density at radius 3 is 2.50 bits per heavy atom. The first-order valence-corrected chi connectivity index (χ1v) is 11.8. The summed E-state index contributed by atoms with van der Waals surface area (Å²) in [6.45, 7) is 2.61. The van der Waals surface area contributed by atoms with Crippen LogP contribution in [0, 0.1) is 0 Å². The number of H-pyrrole nitrogens is 1. The summed E-state index contributed by atoms with van der Waals surface area (Å²) in [5.74, 6) is -0.940. The van der Waals surface area contributed by atoms with Gasteiger partial charge >= 0.3 is 11.7 Å². The van der Waals surface area contributed by atoms with Gasteiger partial charge in [-0.1, -0.05) is 0 Å². The van der Waals surface area contributed by atoms with Crippen molar-refractivity contribution in [1.29, 1.82) is 0 Å². The van der Waals surface area contributed by atoms with Gasteiger partial charge in [0.25, 0.3) is 5.56 Å². The summed E-state index contributed by atoms with van der Waals surface area (Å²) in [5, 5.41) is 0. The van der Waals surface area contributed by atoms with Crippen molar-refractivity contribution < 1.29 is 37.6 Å². The van der Waals surface area contributed by atoms with Gasteiger partial charge in [0.15, 0.2) is 25.0 Å². The monoisotopic (exact) mass is 486 g/mol. The van der Waals surface area contributed by atoms with Gasteiger partial charge in [-0.25, -0.2) is 14.0 Å². The molecule has 1 aromatic heterocycles. The Labute approximate surface area is 195 Å². The predicted octanol–water partition coefficient (Wildman–Crippen LogP) is 1.40. The van der Waals surface area contributed by atoms with Crippen molar-refractivity contribution >= 4 is 5.97 Å². The number of rotatable bonds is 8. The van der Waals surface area contributed by atoms with Crippen LogP contribution in [0.3, 0.4) is 0 Å². The summed E-state index contributed by atoms with van der Waals surface area (Å²) in [6.07, 6.45) is -1.53. The van der Waals surface area contributed by atoms with Gasteiger partial charge in [-0.05, 0) is 45.4 Å². The highest BCUT2D eigenvalue weighted by molar-refractivity contribution is 5.87. The number of nitrogens with zero attached hydrogens (tertiary/aromatic N) is 1. The van der Waals surface area contributed by atoms with Gasteiger partial charge in [0.2, 0.25) is 0 Å². The van der Waals surface area contributed by atoms with Crippen molar-refractivity contribution in [3.05, 3.63) is 32.6 Å². The van der Waals surface area contributed by atoms with Crippen LogP contribution in [0.15, 0.2) is 15.7 Å². The molecule has 12 heteroatoms. The number of nitrogens with one attached hydrogen (secondary N) is 1. The molecule has 3 saturated heterocycles. The SMILES string of the molecule is CCOC(=O)c1cc(=O)[nH]c(=O)n1[C@@H]1O[C@H](COC2CCCCO2)[C@@H](OC2CCCCO2)[C@H]1F. The molecule has 11 nitrogen and oxygen atoms in total. The third-order valence-electron chi connectivity index (χ3n) is 6.01. The maximum absolute atomic E-state index is 15.8. The fraction of sp³-hybridized carbons (Fsp3) is 0.773. The Morgan fingerprint density at radius 1 is 1.15 bits per heavy atom. The van der Waals surface area contributed by atoms with Crippen molar-refractivity contribution in [2.45, 2.75) is 82.6 Å². The molecule has 1 N–H and O–H groups in total. The van der Waals surface area contributed by atoms with Crippen LogP contribution in [-0.2, 0) is 28.4 Å². The third-order valence-corrected chi connectivity index (χ3v) is 6.01. The molecule has 0 saturated carbocycles. The topological polar surface area (TPSA) is 127 Å². The first-order chi connectivity index (χ1) is 16.5. The second kappa shape index (κ2) is 11.5. The summed E-state index contributed by atoms with van der Waals surface area (Å²) >= 11 is 0. The minimum absolute atomic E-state index is 0.00695. The van der Waals surface area contributed by atoms with E-state index in [1.807, 2.05) is 4.98 Å². The van der Waals surface area contributed by atoms with Gasteiger partial charge in [-0.2, -0.15) is 0 Å². The first kappa shape index (κ1) is 25.0. The zero-order valence-electron chi connectivity index (χ0n) is 19.1. The standard InChI is InChI=1S/C22H31FN2O9/c1-2-29-21(27)13-11-15(26)24-22(28)25(13)20-18(23)19(34-17-8-4-6-10-31-17)14(33-20)12-32-16-7-3-5-9-30-16/h11,14,16-20H,2-10,12H2,1H3,(H,24,26,28)/t14-,16?,17?,18-,19-,20-/m1/s1. The molecule has 3 aliphatic heterocycles. The van der Waals surface area contributed by atoms with E-state index < -0.39 is 60.1 Å². The highest BCUT2D eigenvalue weighted by atomic mass is 19.1. The second-order valence-electron chi connectivity index (χ2n) is 8.45. The van der Waals surface area contributed by atoms with Gasteiger partial charge < -0.3 is 28.4 Å². The summed E-state index contributed by atoms with van der Waals surface area (Å²) in [6, 6.07) is 0.884. The highest BCUT2D eigenvalue weighted by Crippen LogP contribution is 2.36. The van der Waals surface area contributed by atoms with E-state index in [9.17, 15) is 14.4 Å². The maximum Gasteiger partial charge on any atom is 0.355 e. The van der Waals surface area contributed by atoms with E-state index in [2.05, 4.69) is 0 Å². The maximum atomic E-state index is 15.8. The van der Waals surface area contributed by atoms with Crippen LogP contribution in [0.4, 0.5) is 4.39 Å². The lowest BCUT2D eigenvalue weighted by Gasteiger charge is -2.29. The lowest BCUT2D eigenvalue weighted by molar-refractivity contribution is -0.220. The van der Waals surface area contributed by atoms with Crippen LogP contribution in [0.25, 0.3) is 0 Å². The number of ether oxygens (including phenoxy) is 6. The fourth-order valence-electron chi connectivity index (χ4n) is 4.36. The van der Waals surface area contributed by atoms with E-state index in [0.717, 1.165) is 36.3 Å². The zero-order chi connectivity index (χ0) is 24.1. The number of carbonyl (C=O) groups excluding carboxylic acids is 1. The highest BCUT2D eigenvalue weighted by Gasteiger charge is 2.50. The van der Waals surface area contributed by atoms with E-state index in [1.54, 1.807) is 6.92 Å². The van der Waals surface area contributed by atoms with E-state index in [0.29, 0.717) is 26.1 Å². The van der Waals surface area contributed by atoms with Crippen molar-refractivity contribution in [1.82, 2.24) is 9.55 Å². The van der Waals surface area contributed by atoms with E-state index in [-0.39, 0.29) is 13.2 Å². The number of halogens is 1. The minimum atomic E-state index is -1.86. The van der Waals surface area contributed by atoms with Crippen molar-refractivity contribution in [3.8, 4) is 0 Å². The van der Waals surface area contributed by atoms with Crippen LogP contribution in [0.1, 0.15) is 62.2 Å². The van der Waals surface area contributed by atoms with Gasteiger partial charge in [-0.3, -0.25) is 14.3 Å². The van der Waals surface area contributed by atoms with Crippen LogP contribution < -0.4 is 11.2 Å². The predicted molar refractivity (Wildman–Crippen MR) is 114 cm³/mol. The Hall–Kier alpha value is -2.12. The molecular weight excluding hydrogens is 455 g/mol. The average Bonchev–Trinajstić information content (AvgIpc) is 3.13. The quantitative estimate of drug-likeness (QED) is 0.543. The molecule has 0 bridgehead atoms. The number of aromatic nitrogens is 2. The Bertz CT molecular complexity index is 939. The molecule has 0 amide bonds.